The number of hydrogen-bond acceptors (Lipinski definition) is 3. The SMILES string of the molecule is CCC1CCc2oc3cccc(N)c3c(=O)c2C1. The van der Waals surface area contributed by atoms with Crippen LogP contribution in [0.4, 0.5) is 5.69 Å². The Bertz CT molecular complexity index is 657. The second kappa shape index (κ2) is 4.16. The van der Waals surface area contributed by atoms with Crippen LogP contribution in [0.25, 0.3) is 11.0 Å². The van der Waals surface area contributed by atoms with E-state index < -0.39 is 0 Å². The van der Waals surface area contributed by atoms with Gasteiger partial charge in [-0.05, 0) is 30.9 Å². The van der Waals surface area contributed by atoms with Gasteiger partial charge in [0.05, 0.1) is 5.39 Å². The molecule has 1 aromatic carbocycles. The third-order valence-corrected chi connectivity index (χ3v) is 3.98. The molecule has 1 heterocycles. The summed E-state index contributed by atoms with van der Waals surface area (Å²) in [7, 11) is 0. The molecule has 2 aromatic rings. The summed E-state index contributed by atoms with van der Waals surface area (Å²) < 4.78 is 5.86. The fraction of sp³-hybridized carbons (Fsp3) is 0.400. The van der Waals surface area contributed by atoms with Crippen LogP contribution in [0.1, 0.15) is 31.1 Å². The van der Waals surface area contributed by atoms with E-state index in [4.69, 9.17) is 10.2 Å². The first kappa shape index (κ1) is 11.3. The maximum absolute atomic E-state index is 12.5. The van der Waals surface area contributed by atoms with E-state index >= 15 is 0 Å². The zero-order chi connectivity index (χ0) is 12.7. The lowest BCUT2D eigenvalue weighted by atomic mass is 9.85. The zero-order valence-electron chi connectivity index (χ0n) is 10.5. The van der Waals surface area contributed by atoms with Gasteiger partial charge in [-0.1, -0.05) is 19.4 Å². The molecule has 3 rings (SSSR count). The van der Waals surface area contributed by atoms with Gasteiger partial charge in [-0.25, -0.2) is 0 Å². The average molecular weight is 243 g/mol. The van der Waals surface area contributed by atoms with E-state index in [1.807, 2.05) is 12.1 Å². The summed E-state index contributed by atoms with van der Waals surface area (Å²) >= 11 is 0. The maximum Gasteiger partial charge on any atom is 0.198 e. The first-order valence-corrected chi connectivity index (χ1v) is 6.53. The van der Waals surface area contributed by atoms with Crippen LogP contribution < -0.4 is 11.2 Å². The Labute approximate surface area is 106 Å². The van der Waals surface area contributed by atoms with Crippen molar-refractivity contribution in [3.05, 3.63) is 39.7 Å². The lowest BCUT2D eigenvalue weighted by Gasteiger charge is -2.22. The topological polar surface area (TPSA) is 56.2 Å². The summed E-state index contributed by atoms with van der Waals surface area (Å²) in [4.78, 5) is 12.5. The molecular weight excluding hydrogens is 226 g/mol. The highest BCUT2D eigenvalue weighted by molar-refractivity contribution is 5.89. The molecule has 1 unspecified atom stereocenters. The van der Waals surface area contributed by atoms with Crippen LogP contribution in [0.2, 0.25) is 0 Å². The molecule has 0 bridgehead atoms. The molecule has 0 spiro atoms. The Morgan fingerprint density at radius 3 is 3.06 bits per heavy atom. The zero-order valence-corrected chi connectivity index (χ0v) is 10.5. The monoisotopic (exact) mass is 243 g/mol. The van der Waals surface area contributed by atoms with E-state index in [9.17, 15) is 4.79 Å². The predicted octanol–water partition coefficient (Wildman–Crippen LogP) is 2.89. The molecule has 1 aromatic heterocycles. The van der Waals surface area contributed by atoms with Gasteiger partial charge in [-0.15, -0.1) is 0 Å². The van der Waals surface area contributed by atoms with E-state index in [0.29, 0.717) is 22.6 Å². The van der Waals surface area contributed by atoms with Gasteiger partial charge in [0.1, 0.15) is 11.3 Å². The van der Waals surface area contributed by atoms with E-state index in [1.165, 1.54) is 0 Å². The second-order valence-corrected chi connectivity index (χ2v) is 5.07. The summed E-state index contributed by atoms with van der Waals surface area (Å²) in [5.41, 5.74) is 7.95. The lowest BCUT2D eigenvalue weighted by Crippen LogP contribution is -2.22. The molecule has 18 heavy (non-hydrogen) atoms. The van der Waals surface area contributed by atoms with Crippen molar-refractivity contribution in [1.29, 1.82) is 0 Å². The standard InChI is InChI=1S/C15H17NO2/c1-2-9-6-7-12-10(8-9)15(17)14-11(16)4-3-5-13(14)18-12/h3-5,9H,2,6-8,16H2,1H3. The quantitative estimate of drug-likeness (QED) is 0.783. The molecule has 0 amide bonds. The van der Waals surface area contributed by atoms with Crippen LogP contribution >= 0.6 is 0 Å². The number of nitrogen functional groups attached to an aromatic ring is 1. The van der Waals surface area contributed by atoms with Crippen molar-refractivity contribution < 1.29 is 4.42 Å². The van der Waals surface area contributed by atoms with E-state index in [2.05, 4.69) is 6.92 Å². The molecule has 94 valence electrons. The Balaban J connectivity index is 2.28. The fourth-order valence-corrected chi connectivity index (χ4v) is 2.83. The smallest absolute Gasteiger partial charge is 0.198 e. The fourth-order valence-electron chi connectivity index (χ4n) is 2.83. The molecule has 3 nitrogen and oxygen atoms in total. The average Bonchev–Trinajstić information content (AvgIpc) is 2.38. The van der Waals surface area contributed by atoms with E-state index in [0.717, 1.165) is 37.0 Å². The summed E-state index contributed by atoms with van der Waals surface area (Å²) in [6.07, 6.45) is 3.92. The molecule has 0 saturated heterocycles. The number of fused-ring (bicyclic) bond motifs is 2. The molecule has 1 atom stereocenters. The number of rotatable bonds is 1. The van der Waals surface area contributed by atoms with Crippen LogP contribution in [0.5, 0.6) is 0 Å². The van der Waals surface area contributed by atoms with Gasteiger partial charge in [0.25, 0.3) is 0 Å². The Hall–Kier alpha value is -1.77. The second-order valence-electron chi connectivity index (χ2n) is 5.07. The van der Waals surface area contributed by atoms with Crippen molar-refractivity contribution >= 4 is 16.7 Å². The van der Waals surface area contributed by atoms with E-state index in [1.54, 1.807) is 6.07 Å². The Morgan fingerprint density at radius 2 is 2.28 bits per heavy atom. The number of anilines is 1. The number of benzene rings is 1. The van der Waals surface area contributed by atoms with Gasteiger partial charge in [0.15, 0.2) is 5.43 Å². The number of hydrogen-bond donors (Lipinski definition) is 1. The van der Waals surface area contributed by atoms with Crippen LogP contribution in [0.3, 0.4) is 0 Å². The maximum atomic E-state index is 12.5. The van der Waals surface area contributed by atoms with Crippen LogP contribution in [-0.2, 0) is 12.8 Å². The van der Waals surface area contributed by atoms with Crippen molar-refractivity contribution in [3.63, 3.8) is 0 Å². The summed E-state index contributed by atoms with van der Waals surface area (Å²) in [5.74, 6) is 1.46. The highest BCUT2D eigenvalue weighted by Gasteiger charge is 2.23. The largest absolute Gasteiger partial charge is 0.460 e. The molecule has 0 fully saturated rings. The van der Waals surface area contributed by atoms with E-state index in [-0.39, 0.29) is 5.43 Å². The Morgan fingerprint density at radius 1 is 1.44 bits per heavy atom. The highest BCUT2D eigenvalue weighted by Crippen LogP contribution is 2.29. The van der Waals surface area contributed by atoms with Crippen molar-refractivity contribution in [2.75, 3.05) is 5.73 Å². The minimum Gasteiger partial charge on any atom is -0.460 e. The molecule has 0 aliphatic heterocycles. The first-order valence-electron chi connectivity index (χ1n) is 6.53. The normalized spacial score (nSPS) is 18.8. The van der Waals surface area contributed by atoms with Gasteiger partial charge in [0.2, 0.25) is 0 Å². The third kappa shape index (κ3) is 1.62. The highest BCUT2D eigenvalue weighted by atomic mass is 16.3. The predicted molar refractivity (Wildman–Crippen MR) is 72.7 cm³/mol. The summed E-state index contributed by atoms with van der Waals surface area (Å²) in [6.45, 7) is 2.17. The number of nitrogens with two attached hydrogens (primary N) is 1. The summed E-state index contributed by atoms with van der Waals surface area (Å²) in [5, 5.41) is 0.549. The van der Waals surface area contributed by atoms with Gasteiger partial charge < -0.3 is 10.2 Å². The van der Waals surface area contributed by atoms with Gasteiger partial charge in [-0.3, -0.25) is 4.79 Å². The summed E-state index contributed by atoms with van der Waals surface area (Å²) in [6, 6.07) is 5.40. The molecule has 1 aliphatic carbocycles. The van der Waals surface area contributed by atoms with Crippen molar-refractivity contribution in [2.24, 2.45) is 5.92 Å². The molecule has 0 radical (unpaired) electrons. The minimum absolute atomic E-state index is 0.0718. The Kier molecular flexibility index (Phi) is 2.62. The van der Waals surface area contributed by atoms with Crippen LogP contribution in [0, 0.1) is 5.92 Å². The van der Waals surface area contributed by atoms with Gasteiger partial charge >= 0.3 is 0 Å². The third-order valence-electron chi connectivity index (χ3n) is 3.98. The molecule has 2 N–H and O–H groups in total. The molecular formula is C15H17NO2. The van der Waals surface area contributed by atoms with Gasteiger partial charge in [-0.2, -0.15) is 0 Å². The van der Waals surface area contributed by atoms with Crippen molar-refractivity contribution in [2.45, 2.75) is 32.6 Å². The molecule has 3 heteroatoms. The van der Waals surface area contributed by atoms with Crippen LogP contribution in [0.15, 0.2) is 27.4 Å². The minimum atomic E-state index is 0.0718. The lowest BCUT2D eigenvalue weighted by molar-refractivity contribution is 0.392. The first-order chi connectivity index (χ1) is 8.70. The molecule has 0 saturated carbocycles. The van der Waals surface area contributed by atoms with Crippen molar-refractivity contribution in [1.82, 2.24) is 0 Å². The van der Waals surface area contributed by atoms with Crippen molar-refractivity contribution in [3.8, 4) is 0 Å². The van der Waals surface area contributed by atoms with Crippen LogP contribution in [-0.4, -0.2) is 0 Å². The van der Waals surface area contributed by atoms with Gasteiger partial charge in [0, 0.05) is 17.7 Å². The molecule has 1 aliphatic rings. The number of aryl methyl sites for hydroxylation is 1.